The summed E-state index contributed by atoms with van der Waals surface area (Å²) in [6.45, 7) is 2.93. The van der Waals surface area contributed by atoms with Crippen molar-refractivity contribution in [3.8, 4) is 5.75 Å². The van der Waals surface area contributed by atoms with Crippen LogP contribution in [0.5, 0.6) is 5.75 Å². The number of furan rings is 1. The van der Waals surface area contributed by atoms with Gasteiger partial charge in [0.15, 0.2) is 0 Å². The van der Waals surface area contributed by atoms with Gasteiger partial charge in [0.05, 0.1) is 13.4 Å². The van der Waals surface area contributed by atoms with Crippen molar-refractivity contribution in [3.05, 3.63) is 30.0 Å². The van der Waals surface area contributed by atoms with Gasteiger partial charge in [0, 0.05) is 23.9 Å². The maximum absolute atomic E-state index is 12.1. The number of unbranched alkanes of at least 4 members (excludes halogenated alkanes) is 16. The van der Waals surface area contributed by atoms with Gasteiger partial charge in [-0.15, -0.1) is 0 Å². The number of hydrogen-bond acceptors (Lipinski definition) is 3. The molecule has 0 aliphatic heterocycles. The second-order valence-corrected chi connectivity index (χ2v) is 10.1. The van der Waals surface area contributed by atoms with Gasteiger partial charge >= 0.3 is 0 Å². The highest BCUT2D eigenvalue weighted by Gasteiger charge is 2.08. The lowest BCUT2D eigenvalue weighted by molar-refractivity contribution is -0.121. The van der Waals surface area contributed by atoms with Crippen LogP contribution < -0.4 is 10.1 Å². The zero-order valence-corrected chi connectivity index (χ0v) is 22.7. The molecule has 2 aromatic rings. The molecule has 0 saturated carbocycles. The van der Waals surface area contributed by atoms with Gasteiger partial charge in [-0.2, -0.15) is 0 Å². The van der Waals surface area contributed by atoms with Gasteiger partial charge in [0.1, 0.15) is 11.3 Å². The van der Waals surface area contributed by atoms with E-state index in [2.05, 4.69) is 12.2 Å². The van der Waals surface area contributed by atoms with Crippen LogP contribution in [0.15, 0.2) is 28.9 Å². The van der Waals surface area contributed by atoms with Crippen LogP contribution in [0.1, 0.15) is 128 Å². The number of rotatable bonds is 22. The summed E-state index contributed by atoms with van der Waals surface area (Å²) in [5, 5.41) is 4.12. The number of benzene rings is 1. The SMILES string of the molecule is CCCCCCCCCCCCCCCCCCCC(=O)NCCc1coc2ccc(OC)cc12. The molecule has 0 aliphatic carbocycles. The molecule has 0 saturated heterocycles. The van der Waals surface area contributed by atoms with Crippen LogP contribution in [-0.2, 0) is 11.2 Å². The molecule has 2 rings (SSSR count). The molecule has 35 heavy (non-hydrogen) atoms. The minimum atomic E-state index is 0.163. The quantitative estimate of drug-likeness (QED) is 0.169. The standard InChI is InChI=1S/C31H51NO3/c1-3-4-5-6-7-8-9-10-11-12-13-14-15-16-17-18-19-20-31(33)32-24-23-27-26-35-30-22-21-28(34-2)25-29(27)30/h21-22,25-26H,3-20,23-24H2,1-2H3,(H,32,33). The first kappa shape index (κ1) is 29.3. The van der Waals surface area contributed by atoms with Gasteiger partial charge in [-0.3, -0.25) is 4.79 Å². The number of carbonyl (C=O) groups is 1. The Kier molecular flexibility index (Phi) is 16.1. The summed E-state index contributed by atoms with van der Waals surface area (Å²) in [5.41, 5.74) is 1.97. The Morgan fingerprint density at radius 3 is 1.89 bits per heavy atom. The fraction of sp³-hybridized carbons (Fsp3) is 0.710. The molecular formula is C31H51NO3. The number of ether oxygens (including phenoxy) is 1. The minimum absolute atomic E-state index is 0.163. The average Bonchev–Trinajstić information content (AvgIpc) is 3.28. The first-order chi connectivity index (χ1) is 17.2. The van der Waals surface area contributed by atoms with E-state index in [1.807, 2.05) is 18.2 Å². The predicted octanol–water partition coefficient (Wildman–Crippen LogP) is 9.14. The van der Waals surface area contributed by atoms with Crippen molar-refractivity contribution in [1.82, 2.24) is 5.32 Å². The molecule has 198 valence electrons. The number of fused-ring (bicyclic) bond motifs is 1. The molecule has 1 amide bonds. The van der Waals surface area contributed by atoms with E-state index in [-0.39, 0.29) is 5.91 Å². The molecule has 4 heteroatoms. The topological polar surface area (TPSA) is 51.5 Å². The van der Waals surface area contributed by atoms with E-state index in [0.717, 1.165) is 41.5 Å². The Morgan fingerprint density at radius 2 is 1.34 bits per heavy atom. The highest BCUT2D eigenvalue weighted by molar-refractivity contribution is 5.82. The maximum atomic E-state index is 12.1. The van der Waals surface area contributed by atoms with Crippen molar-refractivity contribution >= 4 is 16.9 Å². The second-order valence-electron chi connectivity index (χ2n) is 10.1. The predicted molar refractivity (Wildman–Crippen MR) is 148 cm³/mol. The third kappa shape index (κ3) is 13.1. The lowest BCUT2D eigenvalue weighted by Crippen LogP contribution is -2.25. The van der Waals surface area contributed by atoms with Crippen molar-refractivity contribution < 1.29 is 13.9 Å². The zero-order valence-electron chi connectivity index (χ0n) is 22.7. The summed E-state index contributed by atoms with van der Waals surface area (Å²) in [7, 11) is 1.67. The smallest absolute Gasteiger partial charge is 0.220 e. The zero-order chi connectivity index (χ0) is 25.0. The van der Waals surface area contributed by atoms with Gasteiger partial charge in [-0.1, -0.05) is 110 Å². The van der Waals surface area contributed by atoms with E-state index >= 15 is 0 Å². The Hall–Kier alpha value is -1.97. The molecule has 1 aromatic carbocycles. The molecule has 0 atom stereocenters. The van der Waals surface area contributed by atoms with Crippen LogP contribution in [0.4, 0.5) is 0 Å². The van der Waals surface area contributed by atoms with Crippen LogP contribution in [0.2, 0.25) is 0 Å². The fourth-order valence-corrected chi connectivity index (χ4v) is 4.82. The van der Waals surface area contributed by atoms with Crippen molar-refractivity contribution in [2.75, 3.05) is 13.7 Å². The largest absolute Gasteiger partial charge is 0.497 e. The van der Waals surface area contributed by atoms with E-state index in [0.29, 0.717) is 13.0 Å². The Morgan fingerprint density at radius 1 is 0.800 bits per heavy atom. The van der Waals surface area contributed by atoms with Crippen LogP contribution >= 0.6 is 0 Å². The van der Waals surface area contributed by atoms with Crippen molar-refractivity contribution in [3.63, 3.8) is 0 Å². The summed E-state index contributed by atoms with van der Waals surface area (Å²) in [5.74, 6) is 0.985. The van der Waals surface area contributed by atoms with Gasteiger partial charge in [0.25, 0.3) is 0 Å². The maximum Gasteiger partial charge on any atom is 0.220 e. The highest BCUT2D eigenvalue weighted by Crippen LogP contribution is 2.26. The van der Waals surface area contributed by atoms with Gasteiger partial charge in [0.2, 0.25) is 5.91 Å². The van der Waals surface area contributed by atoms with Gasteiger partial charge in [-0.25, -0.2) is 0 Å². The van der Waals surface area contributed by atoms with Crippen LogP contribution in [0.3, 0.4) is 0 Å². The van der Waals surface area contributed by atoms with E-state index in [1.54, 1.807) is 13.4 Å². The molecule has 1 aromatic heterocycles. The first-order valence-electron chi connectivity index (χ1n) is 14.6. The molecule has 1 N–H and O–H groups in total. The molecule has 4 nitrogen and oxygen atoms in total. The number of hydrogen-bond donors (Lipinski definition) is 1. The summed E-state index contributed by atoms with van der Waals surface area (Å²) in [6, 6.07) is 5.82. The highest BCUT2D eigenvalue weighted by atomic mass is 16.5. The van der Waals surface area contributed by atoms with Crippen LogP contribution in [0, 0.1) is 0 Å². The average molecular weight is 486 g/mol. The Bertz CT molecular complexity index is 798. The van der Waals surface area contributed by atoms with Crippen LogP contribution in [0.25, 0.3) is 11.0 Å². The number of nitrogens with one attached hydrogen (secondary N) is 1. The van der Waals surface area contributed by atoms with Gasteiger partial charge in [-0.05, 0) is 31.0 Å². The molecule has 1 heterocycles. The normalized spacial score (nSPS) is 11.3. The first-order valence-corrected chi connectivity index (χ1v) is 14.6. The third-order valence-electron chi connectivity index (χ3n) is 7.08. The third-order valence-corrected chi connectivity index (χ3v) is 7.08. The van der Waals surface area contributed by atoms with Crippen molar-refractivity contribution in [2.45, 2.75) is 129 Å². The monoisotopic (exact) mass is 485 g/mol. The molecule has 0 unspecified atom stereocenters. The van der Waals surface area contributed by atoms with Crippen LogP contribution in [-0.4, -0.2) is 19.6 Å². The number of amides is 1. The number of carbonyl (C=O) groups excluding carboxylic acids is 1. The van der Waals surface area contributed by atoms with Crippen molar-refractivity contribution in [2.24, 2.45) is 0 Å². The lowest BCUT2D eigenvalue weighted by Gasteiger charge is -2.06. The molecule has 0 fully saturated rings. The molecule has 0 aliphatic rings. The molecule has 0 spiro atoms. The summed E-state index contributed by atoms with van der Waals surface area (Å²) in [4.78, 5) is 12.1. The van der Waals surface area contributed by atoms with E-state index in [4.69, 9.17) is 9.15 Å². The lowest BCUT2D eigenvalue weighted by atomic mass is 10.0. The van der Waals surface area contributed by atoms with Gasteiger partial charge < -0.3 is 14.5 Å². The summed E-state index contributed by atoms with van der Waals surface area (Å²) < 4.78 is 10.9. The molecule has 0 radical (unpaired) electrons. The number of methoxy groups -OCH3 is 1. The summed E-state index contributed by atoms with van der Waals surface area (Å²) >= 11 is 0. The molecular weight excluding hydrogens is 434 g/mol. The fourth-order valence-electron chi connectivity index (χ4n) is 4.82. The summed E-state index contributed by atoms with van der Waals surface area (Å²) in [6.07, 6.45) is 26.3. The van der Waals surface area contributed by atoms with E-state index in [1.165, 1.54) is 96.3 Å². The van der Waals surface area contributed by atoms with E-state index in [9.17, 15) is 4.79 Å². The Labute approximate surface area is 214 Å². The molecule has 0 bridgehead atoms. The second kappa shape index (κ2) is 19.2. The minimum Gasteiger partial charge on any atom is -0.497 e. The van der Waals surface area contributed by atoms with Crippen molar-refractivity contribution in [1.29, 1.82) is 0 Å². The van der Waals surface area contributed by atoms with E-state index < -0.39 is 0 Å². The Balaban J connectivity index is 1.35.